The lowest BCUT2D eigenvalue weighted by atomic mass is 9.81. The Bertz CT molecular complexity index is 1110. The van der Waals surface area contributed by atoms with Crippen molar-refractivity contribution in [3.05, 3.63) is 60.3 Å². The van der Waals surface area contributed by atoms with Crippen molar-refractivity contribution in [3.8, 4) is 5.75 Å². The highest BCUT2D eigenvalue weighted by Gasteiger charge is 2.34. The van der Waals surface area contributed by atoms with Gasteiger partial charge in [0.25, 0.3) is 0 Å². The van der Waals surface area contributed by atoms with Crippen LogP contribution < -0.4 is 4.74 Å². The van der Waals surface area contributed by atoms with E-state index in [9.17, 15) is 9.90 Å². The van der Waals surface area contributed by atoms with Gasteiger partial charge in [-0.05, 0) is 92.9 Å². The number of halogens is 1. The molecule has 35 heavy (non-hydrogen) atoms. The summed E-state index contributed by atoms with van der Waals surface area (Å²) in [7, 11) is 1.58. The van der Waals surface area contributed by atoms with Gasteiger partial charge in [-0.2, -0.15) is 0 Å². The standard InChI is InChI=1S/C27H33FN4O3/c1-35-21-6-8-26-23(14-21)22(9-11-31-26)25(28)7-5-20-10-13-32(17-24(20)27(33)34)12-3-2-4-19-15-29-18-30-16-19/h6,8-9,11,14-16,18,20,24-25H,2-5,7,10,12-13,17H2,1H3,(H,33,34)/t20-,24+,25-/m1/s1. The summed E-state index contributed by atoms with van der Waals surface area (Å²) in [6, 6.07) is 7.17. The molecule has 186 valence electrons. The maximum atomic E-state index is 15.4. The smallest absolute Gasteiger partial charge is 0.308 e. The quantitative estimate of drug-likeness (QED) is 0.392. The van der Waals surface area contributed by atoms with Gasteiger partial charge in [0.15, 0.2) is 0 Å². The topological polar surface area (TPSA) is 88.4 Å². The highest BCUT2D eigenvalue weighted by atomic mass is 19.1. The van der Waals surface area contributed by atoms with Crippen LogP contribution >= 0.6 is 0 Å². The van der Waals surface area contributed by atoms with E-state index in [1.165, 1.54) is 6.33 Å². The van der Waals surface area contributed by atoms with E-state index in [1.54, 1.807) is 19.4 Å². The molecule has 4 rings (SSSR count). The number of methoxy groups -OCH3 is 1. The second-order valence-electron chi connectivity index (χ2n) is 9.33. The molecule has 0 saturated carbocycles. The number of aromatic nitrogens is 3. The predicted molar refractivity (Wildman–Crippen MR) is 132 cm³/mol. The molecule has 3 aromatic rings. The number of hydrogen-bond donors (Lipinski definition) is 1. The summed E-state index contributed by atoms with van der Waals surface area (Å²) in [4.78, 5) is 26.7. The number of aryl methyl sites for hydroxylation is 1. The zero-order valence-corrected chi connectivity index (χ0v) is 20.1. The molecule has 2 aromatic heterocycles. The molecule has 0 aliphatic carbocycles. The third kappa shape index (κ3) is 6.51. The van der Waals surface area contributed by atoms with E-state index in [0.717, 1.165) is 55.2 Å². The number of likely N-dealkylation sites (tertiary alicyclic amines) is 1. The van der Waals surface area contributed by atoms with Crippen LogP contribution in [0.5, 0.6) is 5.75 Å². The predicted octanol–water partition coefficient (Wildman–Crippen LogP) is 4.87. The maximum Gasteiger partial charge on any atom is 0.308 e. The average Bonchev–Trinajstić information content (AvgIpc) is 2.89. The zero-order chi connectivity index (χ0) is 24.6. The Labute approximate surface area is 205 Å². The second-order valence-corrected chi connectivity index (χ2v) is 9.33. The lowest BCUT2D eigenvalue weighted by molar-refractivity contribution is -0.146. The highest BCUT2D eigenvalue weighted by molar-refractivity contribution is 5.83. The van der Waals surface area contributed by atoms with Crippen molar-refractivity contribution < 1.29 is 19.0 Å². The molecule has 0 bridgehead atoms. The van der Waals surface area contributed by atoms with Gasteiger partial charge in [0.1, 0.15) is 18.2 Å². The zero-order valence-electron chi connectivity index (χ0n) is 20.1. The second kappa shape index (κ2) is 12.0. The molecule has 8 heteroatoms. The Morgan fingerprint density at radius 1 is 1.26 bits per heavy atom. The average molecular weight is 481 g/mol. The Hall–Kier alpha value is -3.13. The number of ether oxygens (including phenoxy) is 1. The van der Waals surface area contributed by atoms with Gasteiger partial charge in [0, 0.05) is 30.5 Å². The highest BCUT2D eigenvalue weighted by Crippen LogP contribution is 2.35. The van der Waals surface area contributed by atoms with Crippen molar-refractivity contribution in [1.82, 2.24) is 19.9 Å². The first-order chi connectivity index (χ1) is 17.0. The van der Waals surface area contributed by atoms with E-state index in [4.69, 9.17) is 4.74 Å². The van der Waals surface area contributed by atoms with Gasteiger partial charge in [0.2, 0.25) is 0 Å². The third-order valence-electron chi connectivity index (χ3n) is 7.07. The Morgan fingerprint density at radius 3 is 2.86 bits per heavy atom. The molecular formula is C27H33FN4O3. The van der Waals surface area contributed by atoms with E-state index in [0.29, 0.717) is 30.7 Å². The fourth-order valence-electron chi connectivity index (χ4n) is 5.08. The molecule has 3 atom stereocenters. The SMILES string of the molecule is COc1ccc2nccc([C@H](F)CC[C@@H]3CCN(CCCCc4cncnc4)C[C@@H]3C(=O)O)c2c1. The summed E-state index contributed by atoms with van der Waals surface area (Å²) in [5, 5.41) is 10.6. The minimum Gasteiger partial charge on any atom is -0.497 e. The van der Waals surface area contributed by atoms with Crippen LogP contribution in [0.2, 0.25) is 0 Å². The summed E-state index contributed by atoms with van der Waals surface area (Å²) < 4.78 is 20.7. The van der Waals surface area contributed by atoms with Crippen molar-refractivity contribution in [2.75, 3.05) is 26.7 Å². The molecule has 0 unspecified atom stereocenters. The number of benzene rings is 1. The number of fused-ring (bicyclic) bond motifs is 1. The van der Waals surface area contributed by atoms with Crippen LogP contribution in [-0.4, -0.2) is 57.7 Å². The number of carbonyl (C=O) groups is 1. The first-order valence-electron chi connectivity index (χ1n) is 12.3. The van der Waals surface area contributed by atoms with E-state index >= 15 is 4.39 Å². The summed E-state index contributed by atoms with van der Waals surface area (Å²) in [6.45, 7) is 2.26. The van der Waals surface area contributed by atoms with Crippen LogP contribution in [0.4, 0.5) is 4.39 Å². The molecule has 7 nitrogen and oxygen atoms in total. The molecule has 0 amide bonds. The van der Waals surface area contributed by atoms with Gasteiger partial charge in [-0.1, -0.05) is 0 Å². The molecule has 1 aliphatic heterocycles. The van der Waals surface area contributed by atoms with Crippen molar-refractivity contribution in [1.29, 1.82) is 0 Å². The van der Waals surface area contributed by atoms with Crippen LogP contribution in [0.3, 0.4) is 0 Å². The van der Waals surface area contributed by atoms with Gasteiger partial charge >= 0.3 is 5.97 Å². The number of piperidine rings is 1. The largest absolute Gasteiger partial charge is 0.497 e. The number of alkyl halides is 1. The first kappa shape index (κ1) is 25.0. The van der Waals surface area contributed by atoms with Crippen LogP contribution in [0.1, 0.15) is 49.4 Å². The molecule has 3 heterocycles. The molecular weight excluding hydrogens is 447 g/mol. The van der Waals surface area contributed by atoms with Crippen molar-refractivity contribution in [3.63, 3.8) is 0 Å². The molecule has 1 aromatic carbocycles. The molecule has 0 spiro atoms. The van der Waals surface area contributed by atoms with E-state index in [2.05, 4.69) is 19.9 Å². The minimum atomic E-state index is -1.18. The summed E-state index contributed by atoms with van der Waals surface area (Å²) in [5.74, 6) is -0.608. The van der Waals surface area contributed by atoms with Crippen LogP contribution in [0, 0.1) is 11.8 Å². The Morgan fingerprint density at radius 2 is 2.09 bits per heavy atom. The minimum absolute atomic E-state index is 0.0221. The fraction of sp³-hybridized carbons (Fsp3) is 0.481. The van der Waals surface area contributed by atoms with E-state index in [-0.39, 0.29) is 5.92 Å². The number of pyridine rings is 1. The maximum absolute atomic E-state index is 15.4. The fourth-order valence-corrected chi connectivity index (χ4v) is 5.08. The number of carboxylic acids is 1. The molecule has 1 N–H and O–H groups in total. The molecule has 1 fully saturated rings. The van der Waals surface area contributed by atoms with Gasteiger partial charge < -0.3 is 14.7 Å². The van der Waals surface area contributed by atoms with Gasteiger partial charge in [0.05, 0.1) is 18.5 Å². The third-order valence-corrected chi connectivity index (χ3v) is 7.07. The summed E-state index contributed by atoms with van der Waals surface area (Å²) >= 11 is 0. The normalized spacial score (nSPS) is 19.5. The first-order valence-corrected chi connectivity index (χ1v) is 12.3. The van der Waals surface area contributed by atoms with Crippen LogP contribution in [0.15, 0.2) is 49.2 Å². The summed E-state index contributed by atoms with van der Waals surface area (Å²) in [6.07, 6.45) is 10.2. The number of carboxylic acid groups (broad SMARTS) is 1. The van der Waals surface area contributed by atoms with Crippen molar-refractivity contribution in [2.45, 2.75) is 44.7 Å². The monoisotopic (exact) mass is 480 g/mol. The summed E-state index contributed by atoms with van der Waals surface area (Å²) in [5.41, 5.74) is 2.43. The Balaban J connectivity index is 1.30. The van der Waals surface area contributed by atoms with Crippen LogP contribution in [0.25, 0.3) is 10.9 Å². The molecule has 0 radical (unpaired) electrons. The van der Waals surface area contributed by atoms with E-state index < -0.39 is 18.1 Å². The number of hydrogen-bond acceptors (Lipinski definition) is 6. The van der Waals surface area contributed by atoms with Gasteiger partial charge in [-0.3, -0.25) is 9.78 Å². The van der Waals surface area contributed by atoms with Crippen molar-refractivity contribution in [2.24, 2.45) is 11.8 Å². The molecule has 1 saturated heterocycles. The lowest BCUT2D eigenvalue weighted by Crippen LogP contribution is -2.44. The lowest BCUT2D eigenvalue weighted by Gasteiger charge is -2.37. The molecule has 1 aliphatic rings. The van der Waals surface area contributed by atoms with Gasteiger partial charge in [-0.15, -0.1) is 0 Å². The number of nitrogens with zero attached hydrogens (tertiary/aromatic N) is 4. The number of aliphatic carboxylic acids is 1. The number of rotatable bonds is 11. The van der Waals surface area contributed by atoms with E-state index in [1.807, 2.05) is 30.6 Å². The number of unbranched alkanes of at least 4 members (excludes halogenated alkanes) is 1. The Kier molecular flexibility index (Phi) is 8.58. The van der Waals surface area contributed by atoms with Crippen LogP contribution in [-0.2, 0) is 11.2 Å². The van der Waals surface area contributed by atoms with Crippen molar-refractivity contribution >= 4 is 16.9 Å². The van der Waals surface area contributed by atoms with Gasteiger partial charge in [-0.25, -0.2) is 14.4 Å².